The van der Waals surface area contributed by atoms with Gasteiger partial charge in [-0.1, -0.05) is 0 Å². The van der Waals surface area contributed by atoms with Crippen molar-refractivity contribution >= 4 is 11.8 Å². The Balaban J connectivity index is 3.27. The van der Waals surface area contributed by atoms with E-state index in [9.17, 15) is 33.2 Å². The van der Waals surface area contributed by atoms with Gasteiger partial charge in [-0.2, -0.15) is 0 Å². The van der Waals surface area contributed by atoms with Crippen LogP contribution < -0.4 is 4.74 Å². The second kappa shape index (κ2) is 6.24. The first kappa shape index (κ1) is 16.5. The van der Waals surface area contributed by atoms with Gasteiger partial charge in [0, 0.05) is 0 Å². The summed E-state index contributed by atoms with van der Waals surface area (Å²) < 4.78 is 44.7. The Hall–Kier alpha value is -2.59. The highest BCUT2D eigenvalue weighted by atomic mass is 19.4. The van der Waals surface area contributed by atoms with Gasteiger partial charge in [-0.3, -0.25) is 4.79 Å². The van der Waals surface area contributed by atoms with Gasteiger partial charge in [0.05, 0.1) is 18.6 Å². The Kier molecular flexibility index (Phi) is 4.89. The van der Waals surface area contributed by atoms with Gasteiger partial charge < -0.3 is 24.7 Å². The van der Waals surface area contributed by atoms with Crippen LogP contribution in [0.2, 0.25) is 0 Å². The van der Waals surface area contributed by atoms with Crippen LogP contribution in [0.3, 0.4) is 0 Å². The van der Waals surface area contributed by atoms with Crippen molar-refractivity contribution in [1.29, 1.82) is 0 Å². The fraction of sp³-hybridized carbons (Fsp3) is 0.400. The van der Waals surface area contributed by atoms with Crippen molar-refractivity contribution in [1.82, 2.24) is 4.98 Å². The fourth-order valence-electron chi connectivity index (χ4n) is 1.38. The Morgan fingerprint density at radius 2 is 2.14 bits per heavy atom. The van der Waals surface area contributed by atoms with Crippen LogP contribution in [0.4, 0.5) is 19.0 Å². The molecule has 0 aliphatic rings. The standard InChI is InChI=1S/C10H9F3N2O6/c1-2-20-7(16)3-5-6(21-10(11,12)13)4-14-9(8(5)17)15(18)19/h4,17H,2-3H2,1H3. The zero-order valence-electron chi connectivity index (χ0n) is 10.5. The molecular formula is C10H9F3N2O6. The molecule has 8 nitrogen and oxygen atoms in total. The third-order valence-corrected chi connectivity index (χ3v) is 2.12. The first-order valence-corrected chi connectivity index (χ1v) is 5.42. The third-order valence-electron chi connectivity index (χ3n) is 2.12. The molecule has 0 spiro atoms. The molecule has 1 heterocycles. The highest BCUT2D eigenvalue weighted by molar-refractivity contribution is 5.75. The minimum Gasteiger partial charge on any atom is -0.501 e. The van der Waals surface area contributed by atoms with Gasteiger partial charge in [0.1, 0.15) is 0 Å². The van der Waals surface area contributed by atoms with E-state index in [1.54, 1.807) is 0 Å². The van der Waals surface area contributed by atoms with Crippen molar-refractivity contribution in [3.63, 3.8) is 0 Å². The maximum atomic E-state index is 12.2. The SMILES string of the molecule is CCOC(=O)Cc1c(OC(F)(F)F)cnc([N+](=O)[O-])c1O. The predicted octanol–water partition coefficient (Wildman–Crippen LogP) is 1.70. The summed E-state index contributed by atoms with van der Waals surface area (Å²) in [5.41, 5.74) is -0.729. The van der Waals surface area contributed by atoms with Crippen LogP contribution in [-0.2, 0) is 16.0 Å². The lowest BCUT2D eigenvalue weighted by Gasteiger charge is -2.12. The molecule has 1 N–H and O–H groups in total. The molecule has 1 rings (SSSR count). The number of esters is 1. The van der Waals surface area contributed by atoms with E-state index in [-0.39, 0.29) is 6.61 Å². The van der Waals surface area contributed by atoms with Gasteiger partial charge in [0.2, 0.25) is 5.75 Å². The number of alkyl halides is 3. The number of nitro groups is 1. The van der Waals surface area contributed by atoms with Crippen LogP contribution >= 0.6 is 0 Å². The molecule has 11 heteroatoms. The maximum Gasteiger partial charge on any atom is 0.573 e. The van der Waals surface area contributed by atoms with Crippen molar-refractivity contribution < 1.29 is 37.5 Å². The van der Waals surface area contributed by atoms with E-state index in [4.69, 9.17) is 0 Å². The summed E-state index contributed by atoms with van der Waals surface area (Å²) in [6.07, 6.45) is -5.55. The molecule has 0 saturated carbocycles. The van der Waals surface area contributed by atoms with Crippen LogP contribution in [0.1, 0.15) is 12.5 Å². The van der Waals surface area contributed by atoms with Gasteiger partial charge >= 0.3 is 18.1 Å². The molecule has 1 aromatic rings. The van der Waals surface area contributed by atoms with E-state index in [2.05, 4.69) is 14.5 Å². The number of hydrogen-bond acceptors (Lipinski definition) is 7. The highest BCUT2D eigenvalue weighted by Gasteiger charge is 2.35. The lowest BCUT2D eigenvalue weighted by Crippen LogP contribution is -2.19. The van der Waals surface area contributed by atoms with Crippen LogP contribution in [0.25, 0.3) is 0 Å². The number of ether oxygens (including phenoxy) is 2. The molecule has 0 radical (unpaired) electrons. The van der Waals surface area contributed by atoms with Crippen LogP contribution in [0.15, 0.2) is 6.20 Å². The largest absolute Gasteiger partial charge is 0.573 e. The van der Waals surface area contributed by atoms with Crippen LogP contribution in [-0.4, -0.2) is 34.0 Å². The topological polar surface area (TPSA) is 112 Å². The van der Waals surface area contributed by atoms with Gasteiger partial charge in [-0.25, -0.2) is 0 Å². The lowest BCUT2D eigenvalue weighted by atomic mass is 10.1. The molecule has 0 atom stereocenters. The summed E-state index contributed by atoms with van der Waals surface area (Å²) in [4.78, 5) is 23.8. The van der Waals surface area contributed by atoms with E-state index in [1.165, 1.54) is 6.92 Å². The van der Waals surface area contributed by atoms with Gasteiger partial charge in [-0.15, -0.1) is 13.2 Å². The Bertz CT molecular complexity index is 560. The smallest absolute Gasteiger partial charge is 0.501 e. The normalized spacial score (nSPS) is 11.0. The number of carbonyl (C=O) groups excluding carboxylic acids is 1. The number of hydrogen-bond donors (Lipinski definition) is 1. The predicted molar refractivity (Wildman–Crippen MR) is 59.6 cm³/mol. The van der Waals surface area contributed by atoms with Crippen molar-refractivity contribution in [2.75, 3.05) is 6.61 Å². The molecule has 21 heavy (non-hydrogen) atoms. The van der Waals surface area contributed by atoms with Crippen molar-refractivity contribution in [2.45, 2.75) is 19.7 Å². The molecule has 0 bridgehead atoms. The van der Waals surface area contributed by atoms with E-state index in [1.807, 2.05) is 0 Å². The zero-order chi connectivity index (χ0) is 16.2. The second-order valence-electron chi connectivity index (χ2n) is 3.56. The number of rotatable bonds is 5. The maximum absolute atomic E-state index is 12.2. The molecule has 0 aliphatic heterocycles. The summed E-state index contributed by atoms with van der Waals surface area (Å²) in [6.45, 7) is 1.40. The molecule has 0 amide bonds. The number of aromatic nitrogens is 1. The average Bonchev–Trinajstić information content (AvgIpc) is 2.32. The summed E-state index contributed by atoms with van der Waals surface area (Å²) in [6, 6.07) is 0. The van der Waals surface area contributed by atoms with Gasteiger partial charge in [0.15, 0.2) is 11.9 Å². The van der Waals surface area contributed by atoms with Crippen LogP contribution in [0, 0.1) is 10.1 Å². The second-order valence-corrected chi connectivity index (χ2v) is 3.56. The Morgan fingerprint density at radius 1 is 1.52 bits per heavy atom. The summed E-state index contributed by atoms with van der Waals surface area (Å²) >= 11 is 0. The van der Waals surface area contributed by atoms with Crippen LogP contribution in [0.5, 0.6) is 11.5 Å². The first-order chi connectivity index (χ1) is 9.65. The molecule has 0 aliphatic carbocycles. The minimum absolute atomic E-state index is 0.0533. The number of pyridine rings is 1. The van der Waals surface area contributed by atoms with E-state index >= 15 is 0 Å². The van der Waals surface area contributed by atoms with Gasteiger partial charge in [-0.05, 0) is 16.8 Å². The molecule has 1 aromatic heterocycles. The first-order valence-electron chi connectivity index (χ1n) is 5.42. The number of halogens is 3. The van der Waals surface area contributed by atoms with Crippen molar-refractivity contribution in [2.24, 2.45) is 0 Å². The summed E-state index contributed by atoms with van der Waals surface area (Å²) in [7, 11) is 0. The summed E-state index contributed by atoms with van der Waals surface area (Å²) in [5, 5.41) is 20.2. The summed E-state index contributed by atoms with van der Waals surface area (Å²) in [5.74, 6) is -4.28. The molecule has 0 fully saturated rings. The molecule has 0 aromatic carbocycles. The van der Waals surface area contributed by atoms with Crippen molar-refractivity contribution in [3.8, 4) is 11.5 Å². The number of aromatic hydroxyl groups is 1. The van der Waals surface area contributed by atoms with E-state index in [0.717, 1.165) is 0 Å². The third kappa shape index (κ3) is 4.47. The lowest BCUT2D eigenvalue weighted by molar-refractivity contribution is -0.390. The Labute approximate surface area is 115 Å². The number of nitrogens with zero attached hydrogens (tertiary/aromatic N) is 2. The monoisotopic (exact) mass is 310 g/mol. The fourth-order valence-corrected chi connectivity index (χ4v) is 1.38. The van der Waals surface area contributed by atoms with Gasteiger partial charge in [0.25, 0.3) is 0 Å². The van der Waals surface area contributed by atoms with E-state index in [0.29, 0.717) is 6.20 Å². The molecular weight excluding hydrogens is 301 g/mol. The minimum atomic E-state index is -5.12. The average molecular weight is 310 g/mol. The molecule has 0 saturated heterocycles. The molecule has 116 valence electrons. The highest BCUT2D eigenvalue weighted by Crippen LogP contribution is 2.36. The Morgan fingerprint density at radius 3 is 2.62 bits per heavy atom. The van der Waals surface area contributed by atoms with E-state index < -0.39 is 46.6 Å². The van der Waals surface area contributed by atoms with Crippen molar-refractivity contribution in [3.05, 3.63) is 21.9 Å². The zero-order valence-corrected chi connectivity index (χ0v) is 10.5. The quantitative estimate of drug-likeness (QED) is 0.500. The molecule has 0 unspecified atom stereocenters. The number of carbonyl (C=O) groups is 1.